The molecule has 2 rings (SSSR count). The molecule has 0 fully saturated rings. The molecule has 2 aromatic carbocycles. The summed E-state index contributed by atoms with van der Waals surface area (Å²) in [6.45, 7) is 5.71. The van der Waals surface area contributed by atoms with Gasteiger partial charge in [-0.3, -0.25) is 4.79 Å². The molecule has 1 unspecified atom stereocenters. The zero-order valence-corrected chi connectivity index (χ0v) is 14.1. The first kappa shape index (κ1) is 17.9. The minimum Gasteiger partial charge on any atom is -0.379 e. The number of hydrogen-bond acceptors (Lipinski definition) is 2. The molecule has 24 heavy (non-hydrogen) atoms. The third-order valence-electron chi connectivity index (χ3n) is 3.60. The van der Waals surface area contributed by atoms with Crippen molar-refractivity contribution in [2.45, 2.75) is 39.3 Å². The fourth-order valence-corrected chi connectivity index (χ4v) is 2.39. The highest BCUT2D eigenvalue weighted by molar-refractivity contribution is 5.78. The molecule has 128 valence electrons. The molecule has 0 spiro atoms. The number of rotatable bonds is 6. The van der Waals surface area contributed by atoms with E-state index in [2.05, 4.69) is 10.6 Å². The summed E-state index contributed by atoms with van der Waals surface area (Å²) in [4.78, 5) is 11.7. The second kappa shape index (κ2) is 7.90. The van der Waals surface area contributed by atoms with Gasteiger partial charge in [0.1, 0.15) is 0 Å². The minimum absolute atomic E-state index is 0.0131. The Bertz CT molecular complexity index is 699. The molecule has 0 aliphatic carbocycles. The van der Waals surface area contributed by atoms with E-state index in [9.17, 15) is 13.6 Å². The predicted octanol–water partition coefficient (Wildman–Crippen LogP) is 4.21. The highest BCUT2D eigenvalue weighted by atomic mass is 19.2. The molecule has 0 bridgehead atoms. The molecule has 3 nitrogen and oxygen atoms in total. The number of carbonyl (C=O) groups excluding carboxylic acids is 1. The number of hydrogen-bond donors (Lipinski definition) is 2. The van der Waals surface area contributed by atoms with Gasteiger partial charge in [0.15, 0.2) is 11.6 Å². The van der Waals surface area contributed by atoms with Crippen LogP contribution in [-0.4, -0.2) is 11.9 Å². The van der Waals surface area contributed by atoms with E-state index >= 15 is 0 Å². The van der Waals surface area contributed by atoms with Crippen molar-refractivity contribution in [3.63, 3.8) is 0 Å². The van der Waals surface area contributed by atoms with Gasteiger partial charge in [-0.25, -0.2) is 8.78 Å². The smallest absolute Gasteiger partial charge is 0.224 e. The second-order valence-corrected chi connectivity index (χ2v) is 6.14. The first-order valence-corrected chi connectivity index (χ1v) is 7.95. The van der Waals surface area contributed by atoms with Crippen LogP contribution in [0.3, 0.4) is 0 Å². The van der Waals surface area contributed by atoms with Crippen LogP contribution in [0.5, 0.6) is 0 Å². The lowest BCUT2D eigenvalue weighted by Crippen LogP contribution is -2.31. The third-order valence-corrected chi connectivity index (χ3v) is 3.60. The summed E-state index contributed by atoms with van der Waals surface area (Å²) in [7, 11) is 0. The Morgan fingerprint density at radius 3 is 2.25 bits per heavy atom. The Morgan fingerprint density at radius 2 is 1.67 bits per heavy atom. The normalized spacial score (nSPS) is 12.1. The quantitative estimate of drug-likeness (QED) is 0.832. The molecule has 0 aliphatic rings. The van der Waals surface area contributed by atoms with Gasteiger partial charge in [0.05, 0.1) is 6.42 Å². The molecule has 0 aliphatic heterocycles. The van der Waals surface area contributed by atoms with Crippen LogP contribution in [0.15, 0.2) is 42.5 Å². The van der Waals surface area contributed by atoms with E-state index < -0.39 is 11.6 Å². The summed E-state index contributed by atoms with van der Waals surface area (Å²) in [5.74, 6) is -1.72. The number of benzene rings is 2. The standard InChI is InChI=1S/C19H22F2N2O/c1-12(2)22-19(24)10-14-4-7-16(8-5-14)23-13(3)15-6-9-17(20)18(21)11-15/h4-9,11-13,23H,10H2,1-3H3,(H,22,24). The van der Waals surface area contributed by atoms with E-state index in [1.807, 2.05) is 45.0 Å². The average molecular weight is 332 g/mol. The van der Waals surface area contributed by atoms with Crippen molar-refractivity contribution in [1.82, 2.24) is 5.32 Å². The minimum atomic E-state index is -0.854. The molecule has 0 heterocycles. The fourth-order valence-electron chi connectivity index (χ4n) is 2.39. The molecule has 0 saturated carbocycles. The highest BCUT2D eigenvalue weighted by Gasteiger charge is 2.10. The van der Waals surface area contributed by atoms with Crippen molar-refractivity contribution in [2.75, 3.05) is 5.32 Å². The van der Waals surface area contributed by atoms with Crippen LogP contribution >= 0.6 is 0 Å². The number of halogens is 2. The molecule has 2 aromatic rings. The van der Waals surface area contributed by atoms with Crippen LogP contribution in [0, 0.1) is 11.6 Å². The van der Waals surface area contributed by atoms with Crippen molar-refractivity contribution >= 4 is 11.6 Å². The van der Waals surface area contributed by atoms with Crippen molar-refractivity contribution in [3.8, 4) is 0 Å². The van der Waals surface area contributed by atoms with Gasteiger partial charge in [0.25, 0.3) is 0 Å². The Hall–Kier alpha value is -2.43. The lowest BCUT2D eigenvalue weighted by molar-refractivity contribution is -0.120. The first-order chi connectivity index (χ1) is 11.3. The Morgan fingerprint density at radius 1 is 1.00 bits per heavy atom. The Balaban J connectivity index is 1.98. The average Bonchev–Trinajstić information content (AvgIpc) is 2.51. The maximum atomic E-state index is 13.3. The number of carbonyl (C=O) groups is 1. The number of nitrogens with one attached hydrogen (secondary N) is 2. The van der Waals surface area contributed by atoms with Gasteiger partial charge in [-0.05, 0) is 56.2 Å². The van der Waals surface area contributed by atoms with E-state index in [1.165, 1.54) is 6.07 Å². The Kier molecular flexibility index (Phi) is 5.90. The van der Waals surface area contributed by atoms with Crippen LogP contribution in [0.1, 0.15) is 37.9 Å². The highest BCUT2D eigenvalue weighted by Crippen LogP contribution is 2.21. The summed E-state index contributed by atoms with van der Waals surface area (Å²) in [5, 5.41) is 6.08. The zero-order valence-electron chi connectivity index (χ0n) is 14.1. The van der Waals surface area contributed by atoms with Gasteiger partial charge in [-0.2, -0.15) is 0 Å². The molecule has 1 atom stereocenters. The first-order valence-electron chi connectivity index (χ1n) is 7.95. The number of amides is 1. The largest absolute Gasteiger partial charge is 0.379 e. The molecule has 0 radical (unpaired) electrons. The summed E-state index contributed by atoms with van der Waals surface area (Å²) < 4.78 is 26.3. The molecular weight excluding hydrogens is 310 g/mol. The monoisotopic (exact) mass is 332 g/mol. The maximum Gasteiger partial charge on any atom is 0.224 e. The van der Waals surface area contributed by atoms with Gasteiger partial charge in [-0.15, -0.1) is 0 Å². The molecule has 0 aromatic heterocycles. The SMILES string of the molecule is CC(C)NC(=O)Cc1ccc(NC(C)c2ccc(F)c(F)c2)cc1. The van der Waals surface area contributed by atoms with Crippen molar-refractivity contribution in [3.05, 3.63) is 65.2 Å². The van der Waals surface area contributed by atoms with Crippen LogP contribution in [0.4, 0.5) is 14.5 Å². The van der Waals surface area contributed by atoms with Gasteiger partial charge in [-0.1, -0.05) is 18.2 Å². The third kappa shape index (κ3) is 5.05. The van der Waals surface area contributed by atoms with E-state index in [1.54, 1.807) is 6.07 Å². The Labute approximate surface area is 141 Å². The lowest BCUT2D eigenvalue weighted by atomic mass is 10.1. The lowest BCUT2D eigenvalue weighted by Gasteiger charge is -2.16. The van der Waals surface area contributed by atoms with Gasteiger partial charge >= 0.3 is 0 Å². The maximum absolute atomic E-state index is 13.3. The zero-order chi connectivity index (χ0) is 17.7. The molecule has 0 saturated heterocycles. The summed E-state index contributed by atoms with van der Waals surface area (Å²) in [6, 6.07) is 11.3. The van der Waals surface area contributed by atoms with Crippen LogP contribution in [-0.2, 0) is 11.2 Å². The number of anilines is 1. The van der Waals surface area contributed by atoms with E-state index in [0.717, 1.165) is 17.3 Å². The van der Waals surface area contributed by atoms with Gasteiger partial charge < -0.3 is 10.6 Å². The van der Waals surface area contributed by atoms with E-state index in [-0.39, 0.29) is 18.0 Å². The van der Waals surface area contributed by atoms with Crippen LogP contribution in [0.2, 0.25) is 0 Å². The second-order valence-electron chi connectivity index (χ2n) is 6.14. The van der Waals surface area contributed by atoms with Crippen molar-refractivity contribution < 1.29 is 13.6 Å². The molecule has 5 heteroatoms. The van der Waals surface area contributed by atoms with E-state index in [0.29, 0.717) is 12.0 Å². The van der Waals surface area contributed by atoms with Crippen molar-refractivity contribution in [1.29, 1.82) is 0 Å². The molecule has 1 amide bonds. The topological polar surface area (TPSA) is 41.1 Å². The molecule has 2 N–H and O–H groups in total. The van der Waals surface area contributed by atoms with Gasteiger partial charge in [0.2, 0.25) is 5.91 Å². The summed E-state index contributed by atoms with van der Waals surface area (Å²) in [5.41, 5.74) is 2.42. The van der Waals surface area contributed by atoms with Gasteiger partial charge in [0, 0.05) is 17.8 Å². The summed E-state index contributed by atoms with van der Waals surface area (Å²) in [6.07, 6.45) is 0.331. The summed E-state index contributed by atoms with van der Waals surface area (Å²) >= 11 is 0. The van der Waals surface area contributed by atoms with Crippen LogP contribution < -0.4 is 10.6 Å². The fraction of sp³-hybridized carbons (Fsp3) is 0.316. The molecular formula is C19H22F2N2O. The van der Waals surface area contributed by atoms with E-state index in [4.69, 9.17) is 0 Å². The van der Waals surface area contributed by atoms with Crippen molar-refractivity contribution in [2.24, 2.45) is 0 Å². The van der Waals surface area contributed by atoms with Crippen LogP contribution in [0.25, 0.3) is 0 Å². The predicted molar refractivity (Wildman–Crippen MR) is 91.8 cm³/mol.